The predicted octanol–water partition coefficient (Wildman–Crippen LogP) is 19.6. The van der Waals surface area contributed by atoms with Gasteiger partial charge in [0.15, 0.2) is 0 Å². The molecule has 2 nitrogen and oxygen atoms in total. The number of aromatic nitrogens is 1. The first-order valence-electron chi connectivity index (χ1n) is 25.3. The lowest BCUT2D eigenvalue weighted by atomic mass is 9.94. The van der Waals surface area contributed by atoms with E-state index in [1.54, 1.807) is 0 Å². The molecule has 0 unspecified atom stereocenters. The Morgan fingerprint density at radius 3 is 1.61 bits per heavy atom. The summed E-state index contributed by atoms with van der Waals surface area (Å²) >= 11 is 0. The largest absolute Gasteiger partial charge is 0.310 e. The van der Waals surface area contributed by atoms with Crippen LogP contribution in [0.2, 0.25) is 0 Å². The van der Waals surface area contributed by atoms with E-state index in [9.17, 15) is 0 Å². The second kappa shape index (κ2) is 18.0. The number of rotatable bonds is 9. The fourth-order valence-corrected chi connectivity index (χ4v) is 11.3. The van der Waals surface area contributed by atoms with Gasteiger partial charge in [-0.05, 0) is 144 Å². The monoisotopic (exact) mass is 938 g/mol. The Hall–Kier alpha value is -9.94. The molecule has 0 spiro atoms. The van der Waals surface area contributed by atoms with Crippen molar-refractivity contribution in [2.75, 3.05) is 4.90 Å². The Balaban J connectivity index is 0.858. The second-order valence-corrected chi connectivity index (χ2v) is 19.1. The van der Waals surface area contributed by atoms with Crippen LogP contribution < -0.4 is 4.90 Å². The molecule has 1 heterocycles. The minimum Gasteiger partial charge on any atom is -0.310 e. The molecule has 0 amide bonds. The summed E-state index contributed by atoms with van der Waals surface area (Å²) in [7, 11) is 0. The number of para-hydroxylation sites is 2. The van der Waals surface area contributed by atoms with E-state index in [1.165, 1.54) is 76.4 Å². The van der Waals surface area contributed by atoms with E-state index < -0.39 is 0 Å². The summed E-state index contributed by atoms with van der Waals surface area (Å²) in [5.41, 5.74) is 18.0. The maximum atomic E-state index is 3.50. The Bertz CT molecular complexity index is 4390. The summed E-state index contributed by atoms with van der Waals surface area (Å²) in [5, 5.41) is 9.93. The lowest BCUT2D eigenvalue weighted by Crippen LogP contribution is -2.11. The fourth-order valence-electron chi connectivity index (χ4n) is 11.3. The van der Waals surface area contributed by atoms with E-state index in [0.717, 1.165) is 56.1 Å². The quantitative estimate of drug-likeness (QED) is 0.131. The van der Waals surface area contributed by atoms with E-state index in [0.29, 0.717) is 0 Å². The molecular weight excluding hydrogens is 893 g/mol. The molecule has 0 aliphatic carbocycles. The molecule has 0 N–H and O–H groups in total. The summed E-state index contributed by atoms with van der Waals surface area (Å²) in [6, 6.07) is 108. The highest BCUT2D eigenvalue weighted by atomic mass is 15.1. The van der Waals surface area contributed by atoms with Crippen LogP contribution >= 0.6 is 0 Å². The van der Waals surface area contributed by atoms with E-state index in [4.69, 9.17) is 0 Å². The van der Waals surface area contributed by atoms with Gasteiger partial charge in [-0.25, -0.2) is 0 Å². The van der Waals surface area contributed by atoms with Crippen molar-refractivity contribution in [3.05, 3.63) is 291 Å². The molecule has 14 aromatic rings. The van der Waals surface area contributed by atoms with Gasteiger partial charge in [-0.15, -0.1) is 0 Å². The van der Waals surface area contributed by atoms with Crippen LogP contribution in [-0.2, 0) is 0 Å². The van der Waals surface area contributed by atoms with Crippen LogP contribution in [0, 0.1) is 12.1 Å². The molecule has 0 atom stereocenters. The van der Waals surface area contributed by atoms with Crippen molar-refractivity contribution in [3.8, 4) is 61.3 Å². The highest BCUT2D eigenvalue weighted by Gasteiger charge is 2.20. The normalized spacial score (nSPS) is 11.4. The molecule has 0 fully saturated rings. The third-order valence-corrected chi connectivity index (χ3v) is 14.8. The standard InChI is InChI=1S/C72H46N2/c1-2-15-49(16-3-1)51-37-41-59(42-38-51)73(60-43-39-52(40-44-60)50-31-33-55(34-32-50)64-26-13-19-53-17-4-6-22-62(53)64)69-28-10-8-24-66(69)56-20-12-21-57(47-56)67-27-14-30-71-72(67)68-25-9-11-29-70(68)74(71)61-45-46-65-58(48-61)36-35-54-18-5-7-23-63(54)65/h1-31,33,35-48H. The predicted molar refractivity (Wildman–Crippen MR) is 313 cm³/mol. The molecular formula is C72H46N2. The molecule has 344 valence electrons. The molecule has 74 heavy (non-hydrogen) atoms. The van der Waals surface area contributed by atoms with Crippen molar-refractivity contribution in [1.29, 1.82) is 0 Å². The molecule has 1 aromatic heterocycles. The van der Waals surface area contributed by atoms with Crippen molar-refractivity contribution in [2.24, 2.45) is 0 Å². The fraction of sp³-hybridized carbons (Fsp3) is 0. The summed E-state index contributed by atoms with van der Waals surface area (Å²) in [4.78, 5) is 2.39. The number of nitrogens with zero attached hydrogens (tertiary/aromatic N) is 2. The van der Waals surface area contributed by atoms with Crippen LogP contribution in [0.25, 0.3) is 115 Å². The first kappa shape index (κ1) is 42.9. The highest BCUT2D eigenvalue weighted by Crippen LogP contribution is 2.45. The third-order valence-electron chi connectivity index (χ3n) is 14.8. The Morgan fingerprint density at radius 1 is 0.284 bits per heavy atom. The zero-order chi connectivity index (χ0) is 49.0. The van der Waals surface area contributed by atoms with Crippen LogP contribution in [0.1, 0.15) is 0 Å². The molecule has 0 saturated heterocycles. The topological polar surface area (TPSA) is 8.17 Å². The van der Waals surface area contributed by atoms with Crippen LogP contribution in [0.15, 0.2) is 279 Å². The summed E-state index contributed by atoms with van der Waals surface area (Å²) in [6.45, 7) is 0. The van der Waals surface area contributed by atoms with Crippen LogP contribution in [0.4, 0.5) is 17.1 Å². The molecule has 0 aliphatic heterocycles. The zero-order valence-corrected chi connectivity index (χ0v) is 40.5. The van der Waals surface area contributed by atoms with E-state index in [-0.39, 0.29) is 0 Å². The minimum atomic E-state index is 1.00. The first-order chi connectivity index (χ1) is 36.7. The number of hydrogen-bond acceptors (Lipinski definition) is 1. The van der Waals surface area contributed by atoms with Gasteiger partial charge in [0.05, 0.1) is 16.7 Å². The van der Waals surface area contributed by atoms with Gasteiger partial charge in [-0.1, -0.05) is 218 Å². The van der Waals surface area contributed by atoms with E-state index in [2.05, 4.69) is 301 Å². The van der Waals surface area contributed by atoms with Crippen LogP contribution in [-0.4, -0.2) is 4.57 Å². The second-order valence-electron chi connectivity index (χ2n) is 19.1. The van der Waals surface area contributed by atoms with Gasteiger partial charge in [-0.2, -0.15) is 0 Å². The average Bonchev–Trinajstić information content (AvgIpc) is 3.85. The molecule has 0 saturated carbocycles. The first-order valence-corrected chi connectivity index (χ1v) is 25.3. The van der Waals surface area contributed by atoms with Crippen molar-refractivity contribution < 1.29 is 0 Å². The van der Waals surface area contributed by atoms with Gasteiger partial charge in [-0.3, -0.25) is 0 Å². The Labute approximate surface area is 430 Å². The molecule has 14 rings (SSSR count). The van der Waals surface area contributed by atoms with Crippen LogP contribution in [0.3, 0.4) is 0 Å². The SMILES string of the molecule is c1c(-c2ccc(N(c3ccc(-c4ccccc4)cc3)c3ccccc3-c3cccc(-c4cccc5c4c4ccccc4n5-c4ccc5c(ccc6ccccc65)c4)c3)cc2)ccc(-c2cccc3ccccc23)c#1. The molecule has 0 bridgehead atoms. The maximum Gasteiger partial charge on any atom is 0.0547 e. The molecule has 13 aromatic carbocycles. The van der Waals surface area contributed by atoms with Crippen molar-refractivity contribution in [2.45, 2.75) is 0 Å². The van der Waals surface area contributed by atoms with Crippen molar-refractivity contribution >= 4 is 71.2 Å². The number of anilines is 3. The van der Waals surface area contributed by atoms with E-state index >= 15 is 0 Å². The maximum absolute atomic E-state index is 3.50. The Morgan fingerprint density at radius 2 is 0.811 bits per heavy atom. The van der Waals surface area contributed by atoms with Gasteiger partial charge in [0.1, 0.15) is 0 Å². The van der Waals surface area contributed by atoms with E-state index in [1.807, 2.05) is 0 Å². The van der Waals surface area contributed by atoms with Gasteiger partial charge in [0.25, 0.3) is 0 Å². The lowest BCUT2D eigenvalue weighted by Gasteiger charge is -2.28. The third kappa shape index (κ3) is 7.46. The summed E-state index contributed by atoms with van der Waals surface area (Å²) in [6.07, 6.45) is 0. The average molecular weight is 939 g/mol. The minimum absolute atomic E-state index is 1.00. The van der Waals surface area contributed by atoms with Gasteiger partial charge in [0.2, 0.25) is 0 Å². The van der Waals surface area contributed by atoms with Crippen LogP contribution in [0.5, 0.6) is 0 Å². The highest BCUT2D eigenvalue weighted by molar-refractivity contribution is 6.16. The van der Waals surface area contributed by atoms with Gasteiger partial charge < -0.3 is 9.47 Å². The zero-order valence-electron chi connectivity index (χ0n) is 40.5. The number of fused-ring (bicyclic) bond motifs is 7. The summed E-state index contributed by atoms with van der Waals surface area (Å²) in [5.74, 6) is 0. The van der Waals surface area contributed by atoms with Crippen molar-refractivity contribution in [1.82, 2.24) is 4.57 Å². The van der Waals surface area contributed by atoms with Crippen molar-refractivity contribution in [3.63, 3.8) is 0 Å². The summed E-state index contributed by atoms with van der Waals surface area (Å²) < 4.78 is 2.44. The van der Waals surface area contributed by atoms with Gasteiger partial charge in [0, 0.05) is 44.5 Å². The lowest BCUT2D eigenvalue weighted by molar-refractivity contribution is 1.19. The molecule has 2 heteroatoms. The molecule has 0 aliphatic rings. The molecule has 0 radical (unpaired) electrons. The number of hydrogen-bond donors (Lipinski definition) is 0. The van der Waals surface area contributed by atoms with Gasteiger partial charge >= 0.3 is 0 Å². The Kier molecular flexibility index (Phi) is 10.5. The number of benzene rings is 12. The smallest absolute Gasteiger partial charge is 0.0547 e.